The summed E-state index contributed by atoms with van der Waals surface area (Å²) >= 11 is 0. The number of aromatic nitrogens is 3. The van der Waals surface area contributed by atoms with E-state index in [1.54, 1.807) is 0 Å². The molecule has 0 fully saturated rings. The highest BCUT2D eigenvalue weighted by Crippen LogP contribution is 2.08. The number of hydrogen-bond acceptors (Lipinski definition) is 4. The van der Waals surface area contributed by atoms with Crippen molar-refractivity contribution in [2.75, 3.05) is 13.1 Å². The zero-order chi connectivity index (χ0) is 17.4. The van der Waals surface area contributed by atoms with E-state index in [9.17, 15) is 0 Å². The van der Waals surface area contributed by atoms with Crippen molar-refractivity contribution >= 4 is 5.96 Å². The van der Waals surface area contributed by atoms with E-state index >= 15 is 0 Å². The summed E-state index contributed by atoms with van der Waals surface area (Å²) in [5.74, 6) is 3.37. The summed E-state index contributed by atoms with van der Waals surface area (Å²) < 4.78 is 7.73. The summed E-state index contributed by atoms with van der Waals surface area (Å²) in [4.78, 5) is 13.1. The fourth-order valence-electron chi connectivity index (χ4n) is 2.35. The Hall–Kier alpha value is -2.31. The van der Waals surface area contributed by atoms with Gasteiger partial charge in [-0.3, -0.25) is 0 Å². The van der Waals surface area contributed by atoms with Gasteiger partial charge in [-0.25, -0.2) is 15.0 Å². The lowest BCUT2D eigenvalue weighted by Crippen LogP contribution is -2.37. The molecule has 0 amide bonds. The van der Waals surface area contributed by atoms with E-state index in [4.69, 9.17) is 4.42 Å². The van der Waals surface area contributed by atoms with Crippen molar-refractivity contribution < 1.29 is 4.42 Å². The summed E-state index contributed by atoms with van der Waals surface area (Å²) in [7, 11) is 0. The van der Waals surface area contributed by atoms with Crippen LogP contribution < -0.4 is 10.6 Å². The van der Waals surface area contributed by atoms with Crippen LogP contribution >= 0.6 is 0 Å². The van der Waals surface area contributed by atoms with Crippen LogP contribution in [0.4, 0.5) is 0 Å². The maximum Gasteiger partial charge on any atom is 0.216 e. The number of imidazole rings is 1. The molecule has 0 bridgehead atoms. The number of nitrogens with zero attached hydrogens (tertiary/aromatic N) is 4. The van der Waals surface area contributed by atoms with E-state index in [1.807, 2.05) is 33.2 Å². The molecule has 0 aromatic carbocycles. The van der Waals surface area contributed by atoms with Crippen LogP contribution in [0.15, 0.2) is 21.8 Å². The van der Waals surface area contributed by atoms with Crippen molar-refractivity contribution in [1.29, 1.82) is 0 Å². The maximum atomic E-state index is 5.56. The van der Waals surface area contributed by atoms with Crippen LogP contribution in [0.3, 0.4) is 0 Å². The Morgan fingerprint density at radius 2 is 2.08 bits per heavy atom. The average Bonchev–Trinajstić information content (AvgIpc) is 3.10. The summed E-state index contributed by atoms with van der Waals surface area (Å²) in [5, 5.41) is 6.59. The van der Waals surface area contributed by atoms with E-state index in [-0.39, 0.29) is 0 Å². The van der Waals surface area contributed by atoms with Crippen LogP contribution in [0.25, 0.3) is 0 Å². The van der Waals surface area contributed by atoms with Gasteiger partial charge < -0.3 is 19.6 Å². The highest BCUT2D eigenvalue weighted by atomic mass is 16.4. The smallest absolute Gasteiger partial charge is 0.216 e. The topological polar surface area (TPSA) is 80.3 Å². The van der Waals surface area contributed by atoms with Gasteiger partial charge in [-0.05, 0) is 40.5 Å². The molecule has 2 rings (SSSR count). The molecule has 7 nitrogen and oxygen atoms in total. The van der Waals surface area contributed by atoms with Crippen LogP contribution in [0.1, 0.15) is 42.9 Å². The van der Waals surface area contributed by atoms with E-state index in [0.717, 1.165) is 55.7 Å². The van der Waals surface area contributed by atoms with Gasteiger partial charge in [0.05, 0.1) is 5.69 Å². The van der Waals surface area contributed by atoms with Gasteiger partial charge in [-0.2, -0.15) is 0 Å². The second kappa shape index (κ2) is 9.10. The molecule has 0 saturated heterocycles. The molecular weight excluding hydrogens is 304 g/mol. The minimum absolute atomic E-state index is 0.443. The third-order valence-corrected chi connectivity index (χ3v) is 3.83. The molecule has 0 spiro atoms. The molecular formula is C17H28N6O. The molecule has 0 aliphatic heterocycles. The molecule has 2 aromatic rings. The second-order valence-corrected chi connectivity index (χ2v) is 5.75. The summed E-state index contributed by atoms with van der Waals surface area (Å²) in [5.41, 5.74) is 0.924. The molecule has 0 atom stereocenters. The number of hydrogen-bond donors (Lipinski definition) is 2. The minimum Gasteiger partial charge on any atom is -0.444 e. The third kappa shape index (κ3) is 5.40. The molecule has 24 heavy (non-hydrogen) atoms. The van der Waals surface area contributed by atoms with Crippen LogP contribution in [-0.4, -0.2) is 33.6 Å². The number of unbranched alkanes of at least 4 members (excludes halogenated alkanes) is 1. The van der Waals surface area contributed by atoms with Crippen molar-refractivity contribution in [3.63, 3.8) is 0 Å². The first-order chi connectivity index (χ1) is 11.6. The Kier molecular flexibility index (Phi) is 6.84. The fourth-order valence-corrected chi connectivity index (χ4v) is 2.35. The Labute approximate surface area is 143 Å². The van der Waals surface area contributed by atoms with Gasteiger partial charge in [-0.15, -0.1) is 0 Å². The third-order valence-electron chi connectivity index (χ3n) is 3.83. The first kappa shape index (κ1) is 18.0. The number of nitrogens with one attached hydrogen (secondary N) is 2. The number of guanidine groups is 1. The quantitative estimate of drug-likeness (QED) is 0.440. The number of aliphatic imine (C=N–C) groups is 1. The Morgan fingerprint density at radius 3 is 2.71 bits per heavy atom. The van der Waals surface area contributed by atoms with Gasteiger partial charge in [0.25, 0.3) is 0 Å². The van der Waals surface area contributed by atoms with Gasteiger partial charge >= 0.3 is 0 Å². The van der Waals surface area contributed by atoms with Crippen molar-refractivity contribution in [3.05, 3.63) is 35.6 Å². The van der Waals surface area contributed by atoms with Crippen LogP contribution in [0.2, 0.25) is 0 Å². The van der Waals surface area contributed by atoms with Crippen LogP contribution in [-0.2, 0) is 13.1 Å². The highest BCUT2D eigenvalue weighted by Gasteiger charge is 2.05. The van der Waals surface area contributed by atoms with Crippen molar-refractivity contribution in [2.45, 2.75) is 53.6 Å². The van der Waals surface area contributed by atoms with Crippen molar-refractivity contribution in [2.24, 2.45) is 4.99 Å². The number of aryl methyl sites for hydroxylation is 4. The fraction of sp³-hybridized carbons (Fsp3) is 0.588. The van der Waals surface area contributed by atoms with Gasteiger partial charge in [-0.1, -0.05) is 0 Å². The summed E-state index contributed by atoms with van der Waals surface area (Å²) in [6.07, 6.45) is 6.03. The SMILES string of the molecule is CCNC(=NCc1nc(C)c(C)o1)NCCCCn1ccnc1C. The normalized spacial score (nSPS) is 11.8. The zero-order valence-electron chi connectivity index (χ0n) is 15.1. The highest BCUT2D eigenvalue weighted by molar-refractivity contribution is 5.79. The van der Waals surface area contributed by atoms with E-state index in [0.29, 0.717) is 12.4 Å². The Morgan fingerprint density at radius 1 is 1.25 bits per heavy atom. The lowest BCUT2D eigenvalue weighted by Gasteiger charge is -2.11. The van der Waals surface area contributed by atoms with Gasteiger partial charge in [0.1, 0.15) is 18.1 Å². The first-order valence-corrected chi connectivity index (χ1v) is 8.53. The minimum atomic E-state index is 0.443. The van der Waals surface area contributed by atoms with Gasteiger partial charge in [0.15, 0.2) is 5.96 Å². The predicted octanol–water partition coefficient (Wildman–Crippen LogP) is 2.33. The molecule has 2 N–H and O–H groups in total. The molecule has 2 heterocycles. The molecule has 0 unspecified atom stereocenters. The molecule has 7 heteroatoms. The molecule has 132 valence electrons. The van der Waals surface area contributed by atoms with Gasteiger partial charge in [0.2, 0.25) is 5.89 Å². The Balaban J connectivity index is 1.74. The zero-order valence-corrected chi connectivity index (χ0v) is 15.1. The van der Waals surface area contributed by atoms with E-state index in [2.05, 4.69) is 37.1 Å². The average molecular weight is 332 g/mol. The van der Waals surface area contributed by atoms with E-state index < -0.39 is 0 Å². The predicted molar refractivity (Wildman–Crippen MR) is 95.0 cm³/mol. The van der Waals surface area contributed by atoms with Gasteiger partial charge in [0, 0.05) is 32.0 Å². The molecule has 0 radical (unpaired) electrons. The van der Waals surface area contributed by atoms with Crippen LogP contribution in [0.5, 0.6) is 0 Å². The molecule has 2 aromatic heterocycles. The second-order valence-electron chi connectivity index (χ2n) is 5.75. The summed E-state index contributed by atoms with van der Waals surface area (Å²) in [6.45, 7) is 11.1. The largest absolute Gasteiger partial charge is 0.444 e. The standard InChI is InChI=1S/C17H28N6O/c1-5-18-17(21-12-16-22-13(2)14(3)24-16)20-8-6-7-10-23-11-9-19-15(23)4/h9,11H,5-8,10,12H2,1-4H3,(H2,18,20,21). The molecule has 0 aliphatic carbocycles. The Bertz CT molecular complexity index is 638. The molecule has 0 aliphatic rings. The van der Waals surface area contributed by atoms with E-state index in [1.165, 1.54) is 0 Å². The number of oxazole rings is 1. The lowest BCUT2D eigenvalue weighted by molar-refractivity contribution is 0.472. The van der Waals surface area contributed by atoms with Crippen LogP contribution in [0, 0.1) is 20.8 Å². The maximum absolute atomic E-state index is 5.56. The van der Waals surface area contributed by atoms with Crippen molar-refractivity contribution in [1.82, 2.24) is 25.2 Å². The van der Waals surface area contributed by atoms with Crippen molar-refractivity contribution in [3.8, 4) is 0 Å². The monoisotopic (exact) mass is 332 g/mol. The summed E-state index contributed by atoms with van der Waals surface area (Å²) in [6, 6.07) is 0. The molecule has 0 saturated carbocycles. The number of rotatable bonds is 8. The first-order valence-electron chi connectivity index (χ1n) is 8.53. The lowest BCUT2D eigenvalue weighted by atomic mass is 10.3.